The first-order valence-corrected chi connectivity index (χ1v) is 9.97. The van der Waals surface area contributed by atoms with Gasteiger partial charge in [0.1, 0.15) is 0 Å². The Morgan fingerprint density at radius 1 is 1.10 bits per heavy atom. The van der Waals surface area contributed by atoms with Crippen LogP contribution in [-0.4, -0.2) is 42.1 Å². The Labute approximate surface area is 173 Å². The highest BCUT2D eigenvalue weighted by Gasteiger charge is 2.47. The van der Waals surface area contributed by atoms with Crippen LogP contribution < -0.4 is 0 Å². The summed E-state index contributed by atoms with van der Waals surface area (Å²) in [7, 11) is 1.37. The maximum Gasteiger partial charge on any atom is 0.369 e. The number of azo groups is 1. The van der Waals surface area contributed by atoms with Crippen LogP contribution >= 0.6 is 0 Å². The first-order valence-electron chi connectivity index (χ1n) is 9.97. The van der Waals surface area contributed by atoms with Crippen molar-refractivity contribution < 1.29 is 28.6 Å². The summed E-state index contributed by atoms with van der Waals surface area (Å²) in [6.07, 6.45) is 2.95. The van der Waals surface area contributed by atoms with Crippen LogP contribution in [0, 0.1) is 5.92 Å². The molecule has 0 unspecified atom stereocenters. The number of hydrogen-bond donors (Lipinski definition) is 0. The van der Waals surface area contributed by atoms with E-state index in [-0.39, 0.29) is 40.3 Å². The molecule has 0 bridgehead atoms. The minimum Gasteiger partial charge on any atom is -0.467 e. The van der Waals surface area contributed by atoms with Gasteiger partial charge in [-0.25, -0.2) is 4.79 Å². The lowest BCUT2D eigenvalue weighted by molar-refractivity contribution is -0.237. The van der Waals surface area contributed by atoms with E-state index in [0.29, 0.717) is 19.4 Å². The number of hydrogen-bond acceptors (Lipinski definition) is 8. The summed E-state index contributed by atoms with van der Waals surface area (Å²) in [5.74, 6) is -2.42. The van der Waals surface area contributed by atoms with Crippen molar-refractivity contribution in [3.8, 4) is 0 Å². The van der Waals surface area contributed by atoms with Gasteiger partial charge in [0.2, 0.25) is 0 Å². The van der Waals surface area contributed by atoms with E-state index in [1.807, 2.05) is 13.8 Å². The number of methoxy groups -OCH3 is 1. The number of imide groups is 1. The van der Waals surface area contributed by atoms with Crippen LogP contribution in [0.5, 0.6) is 0 Å². The van der Waals surface area contributed by atoms with Crippen molar-refractivity contribution in [2.45, 2.75) is 45.3 Å². The van der Waals surface area contributed by atoms with Crippen molar-refractivity contribution >= 4 is 23.5 Å². The summed E-state index contributed by atoms with van der Waals surface area (Å²) in [4.78, 5) is 39.2. The lowest BCUT2D eigenvalue weighted by Crippen LogP contribution is -2.40. The van der Waals surface area contributed by atoms with E-state index < -0.39 is 17.7 Å². The van der Waals surface area contributed by atoms with Crippen LogP contribution in [0.3, 0.4) is 0 Å². The molecule has 0 atom stereocenters. The Morgan fingerprint density at radius 2 is 1.83 bits per heavy atom. The number of benzene rings is 1. The number of amides is 2. The van der Waals surface area contributed by atoms with Gasteiger partial charge in [-0.05, 0) is 30.9 Å². The number of fused-ring (bicyclic) bond motifs is 1. The van der Waals surface area contributed by atoms with E-state index in [1.165, 1.54) is 12.0 Å². The SMILES string of the molecule is COC1=C(N=Nc2cccc3c2C(=O)N(CC(C)C)C3=O)C(=O)OC2(CCCC2)O1. The molecule has 4 rings (SSSR count). The zero-order valence-electron chi connectivity index (χ0n) is 17.1. The van der Waals surface area contributed by atoms with Crippen LogP contribution in [0.15, 0.2) is 40.1 Å². The summed E-state index contributed by atoms with van der Waals surface area (Å²) >= 11 is 0. The standard InChI is InChI=1S/C21H23N3O6/c1-12(2)11-24-17(25)13-7-6-8-14(15(13)18(24)26)22-23-16-19(27)29-21(9-4-5-10-21)30-20(16)28-3/h6-8,12H,4-5,9-11H2,1-3H3. The van der Waals surface area contributed by atoms with E-state index in [1.54, 1.807) is 18.2 Å². The second-order valence-corrected chi connectivity index (χ2v) is 7.96. The predicted molar refractivity (Wildman–Crippen MR) is 104 cm³/mol. The molecule has 0 saturated heterocycles. The van der Waals surface area contributed by atoms with E-state index in [9.17, 15) is 14.4 Å². The highest BCUT2D eigenvalue weighted by atomic mass is 16.8. The molecule has 2 aliphatic heterocycles. The van der Waals surface area contributed by atoms with Crippen molar-refractivity contribution in [3.63, 3.8) is 0 Å². The minimum atomic E-state index is -1.00. The normalized spacial score (nSPS) is 20.4. The number of carbonyl (C=O) groups is 3. The number of ether oxygens (including phenoxy) is 3. The molecule has 0 radical (unpaired) electrons. The molecular weight excluding hydrogens is 390 g/mol. The molecule has 1 aromatic carbocycles. The average molecular weight is 413 g/mol. The molecule has 1 aliphatic carbocycles. The van der Waals surface area contributed by atoms with Crippen LogP contribution in [0.1, 0.15) is 60.2 Å². The summed E-state index contributed by atoms with van der Waals surface area (Å²) in [6, 6.07) is 4.76. The number of esters is 1. The molecule has 9 nitrogen and oxygen atoms in total. The van der Waals surface area contributed by atoms with Crippen molar-refractivity contribution in [3.05, 3.63) is 41.0 Å². The van der Waals surface area contributed by atoms with Crippen LogP contribution in [-0.2, 0) is 19.0 Å². The third-order valence-electron chi connectivity index (χ3n) is 5.28. The van der Waals surface area contributed by atoms with Gasteiger partial charge < -0.3 is 14.2 Å². The largest absolute Gasteiger partial charge is 0.467 e. The van der Waals surface area contributed by atoms with Gasteiger partial charge >= 0.3 is 11.9 Å². The van der Waals surface area contributed by atoms with Gasteiger partial charge in [-0.1, -0.05) is 19.9 Å². The second-order valence-electron chi connectivity index (χ2n) is 7.96. The van der Waals surface area contributed by atoms with Crippen molar-refractivity contribution in [1.82, 2.24) is 4.90 Å². The third-order valence-corrected chi connectivity index (χ3v) is 5.28. The van der Waals surface area contributed by atoms with Gasteiger partial charge in [-0.2, -0.15) is 0 Å². The Kier molecular flexibility index (Phi) is 5.05. The maximum absolute atomic E-state index is 12.8. The molecular formula is C21H23N3O6. The average Bonchev–Trinajstić information content (AvgIpc) is 3.25. The van der Waals surface area contributed by atoms with Crippen molar-refractivity contribution in [1.29, 1.82) is 0 Å². The predicted octanol–water partition coefficient (Wildman–Crippen LogP) is 3.68. The van der Waals surface area contributed by atoms with Gasteiger partial charge in [0.25, 0.3) is 23.3 Å². The molecule has 2 amide bonds. The van der Waals surface area contributed by atoms with E-state index >= 15 is 0 Å². The zero-order chi connectivity index (χ0) is 21.5. The Bertz CT molecular complexity index is 975. The molecule has 2 heterocycles. The summed E-state index contributed by atoms with van der Waals surface area (Å²) in [5.41, 5.74) is 0.409. The second kappa shape index (κ2) is 7.55. The zero-order valence-corrected chi connectivity index (χ0v) is 17.1. The van der Waals surface area contributed by atoms with Crippen LogP contribution in [0.2, 0.25) is 0 Å². The van der Waals surface area contributed by atoms with Crippen LogP contribution in [0.4, 0.5) is 5.69 Å². The monoisotopic (exact) mass is 413 g/mol. The van der Waals surface area contributed by atoms with Gasteiger partial charge in [0.15, 0.2) is 0 Å². The number of nitrogens with zero attached hydrogens (tertiary/aromatic N) is 3. The lowest BCUT2D eigenvalue weighted by Gasteiger charge is -2.33. The first-order chi connectivity index (χ1) is 14.3. The first kappa shape index (κ1) is 20.1. The summed E-state index contributed by atoms with van der Waals surface area (Å²) in [6.45, 7) is 4.16. The Balaban J connectivity index is 1.66. The third kappa shape index (κ3) is 3.34. The fourth-order valence-electron chi connectivity index (χ4n) is 3.91. The number of carbonyl (C=O) groups excluding carboxylic acids is 3. The molecule has 1 saturated carbocycles. The maximum atomic E-state index is 12.8. The minimum absolute atomic E-state index is 0.0617. The summed E-state index contributed by atoms with van der Waals surface area (Å²) in [5, 5.41) is 8.03. The molecule has 1 fully saturated rings. The molecule has 1 aromatic rings. The lowest BCUT2D eigenvalue weighted by atomic mass is 10.1. The molecule has 3 aliphatic rings. The van der Waals surface area contributed by atoms with E-state index in [4.69, 9.17) is 14.2 Å². The van der Waals surface area contributed by atoms with Gasteiger partial charge in [0, 0.05) is 19.4 Å². The fourth-order valence-corrected chi connectivity index (χ4v) is 3.91. The molecule has 0 N–H and O–H groups in total. The van der Waals surface area contributed by atoms with Gasteiger partial charge in [0.05, 0.1) is 23.9 Å². The Morgan fingerprint density at radius 3 is 2.50 bits per heavy atom. The molecule has 0 aromatic heterocycles. The fraction of sp³-hybridized carbons (Fsp3) is 0.476. The van der Waals surface area contributed by atoms with Gasteiger partial charge in [-0.3, -0.25) is 14.5 Å². The molecule has 1 spiro atoms. The summed E-state index contributed by atoms with van der Waals surface area (Å²) < 4.78 is 16.5. The van der Waals surface area contributed by atoms with Crippen molar-refractivity contribution in [2.75, 3.05) is 13.7 Å². The van der Waals surface area contributed by atoms with Crippen LogP contribution in [0.25, 0.3) is 0 Å². The smallest absolute Gasteiger partial charge is 0.369 e. The van der Waals surface area contributed by atoms with E-state index in [0.717, 1.165) is 12.8 Å². The molecule has 9 heteroatoms. The number of rotatable bonds is 5. The quantitative estimate of drug-likeness (QED) is 0.414. The van der Waals surface area contributed by atoms with E-state index in [2.05, 4.69) is 10.2 Å². The van der Waals surface area contributed by atoms with Gasteiger partial charge in [-0.15, -0.1) is 10.2 Å². The Hall–Kier alpha value is -3.23. The highest BCUT2D eigenvalue weighted by Crippen LogP contribution is 2.41. The van der Waals surface area contributed by atoms with Crippen molar-refractivity contribution in [2.24, 2.45) is 16.1 Å². The highest BCUT2D eigenvalue weighted by molar-refractivity contribution is 6.23. The topological polar surface area (TPSA) is 107 Å². The molecule has 158 valence electrons. The molecule has 30 heavy (non-hydrogen) atoms.